The topological polar surface area (TPSA) is 41.6 Å². The number of methoxy groups -OCH3 is 1. The van der Waals surface area contributed by atoms with Gasteiger partial charge in [0.05, 0.1) is 13.2 Å². The molecule has 4 nitrogen and oxygen atoms in total. The van der Waals surface area contributed by atoms with E-state index >= 15 is 0 Å². The van der Waals surface area contributed by atoms with Gasteiger partial charge in [-0.25, -0.2) is 4.39 Å². The third-order valence-electron chi connectivity index (χ3n) is 5.30. The number of piperidine rings is 1. The number of rotatable bonds is 5. The van der Waals surface area contributed by atoms with Crippen molar-refractivity contribution in [3.05, 3.63) is 59.4 Å². The van der Waals surface area contributed by atoms with Crippen LogP contribution in [0.3, 0.4) is 0 Å². The summed E-state index contributed by atoms with van der Waals surface area (Å²) in [4.78, 5) is 14.8. The van der Waals surface area contributed by atoms with Gasteiger partial charge in [-0.2, -0.15) is 0 Å². The van der Waals surface area contributed by atoms with Gasteiger partial charge in [-0.3, -0.25) is 4.79 Å². The number of benzene rings is 2. The highest BCUT2D eigenvalue weighted by Gasteiger charge is 2.17. The maximum Gasteiger partial charge on any atom is 0.251 e. The Balaban J connectivity index is 1.63. The fourth-order valence-corrected chi connectivity index (χ4v) is 3.41. The summed E-state index contributed by atoms with van der Waals surface area (Å²) in [6.07, 6.45) is 2.46. The first-order valence-corrected chi connectivity index (χ1v) is 9.47. The molecule has 1 fully saturated rings. The average molecular weight is 370 g/mol. The lowest BCUT2D eigenvalue weighted by Gasteiger charge is -2.32. The number of hydrogen-bond donors (Lipinski definition) is 1. The normalized spacial score (nSPS) is 16.1. The number of nitrogens with zero attached hydrogens (tertiary/aromatic N) is 1. The van der Waals surface area contributed by atoms with Crippen molar-refractivity contribution in [1.29, 1.82) is 0 Å². The third kappa shape index (κ3) is 4.59. The smallest absolute Gasteiger partial charge is 0.251 e. The van der Waals surface area contributed by atoms with Gasteiger partial charge in [-0.1, -0.05) is 19.1 Å². The van der Waals surface area contributed by atoms with Crippen LogP contribution in [-0.4, -0.2) is 26.1 Å². The summed E-state index contributed by atoms with van der Waals surface area (Å²) in [5.74, 6) is 0.0806. The summed E-state index contributed by atoms with van der Waals surface area (Å²) in [5.41, 5.74) is 2.52. The second-order valence-electron chi connectivity index (χ2n) is 7.31. The van der Waals surface area contributed by atoms with Gasteiger partial charge >= 0.3 is 0 Å². The molecule has 0 saturated carbocycles. The molecular formula is C22H27FN2O2. The highest BCUT2D eigenvalue weighted by molar-refractivity contribution is 5.94. The molecular weight excluding hydrogens is 343 g/mol. The van der Waals surface area contributed by atoms with Gasteiger partial charge in [0.1, 0.15) is 0 Å². The zero-order chi connectivity index (χ0) is 19.4. The van der Waals surface area contributed by atoms with Crippen LogP contribution in [0.25, 0.3) is 0 Å². The number of carbonyl (C=O) groups is 1. The van der Waals surface area contributed by atoms with Gasteiger partial charge in [0.15, 0.2) is 11.6 Å². The molecule has 0 aromatic heterocycles. The molecule has 0 unspecified atom stereocenters. The van der Waals surface area contributed by atoms with E-state index in [1.54, 1.807) is 6.07 Å². The van der Waals surface area contributed by atoms with Gasteiger partial charge < -0.3 is 15.0 Å². The second-order valence-corrected chi connectivity index (χ2v) is 7.31. The molecule has 2 aromatic carbocycles. The molecule has 1 amide bonds. The Hall–Kier alpha value is -2.56. The van der Waals surface area contributed by atoms with Crippen LogP contribution in [0.5, 0.6) is 5.75 Å². The molecule has 27 heavy (non-hydrogen) atoms. The summed E-state index contributed by atoms with van der Waals surface area (Å²) in [5, 5.41) is 2.92. The molecule has 0 radical (unpaired) electrons. The first kappa shape index (κ1) is 19.2. The van der Waals surface area contributed by atoms with E-state index in [-0.39, 0.29) is 23.3 Å². The van der Waals surface area contributed by atoms with E-state index in [9.17, 15) is 9.18 Å². The lowest BCUT2D eigenvalue weighted by molar-refractivity contribution is 0.0939. The van der Waals surface area contributed by atoms with Crippen molar-refractivity contribution >= 4 is 11.6 Å². The fraction of sp³-hybridized carbons (Fsp3) is 0.409. The molecule has 3 rings (SSSR count). The molecule has 5 heteroatoms. The molecule has 1 saturated heterocycles. The Morgan fingerprint density at radius 1 is 1.19 bits per heavy atom. The van der Waals surface area contributed by atoms with Crippen LogP contribution in [0, 0.1) is 11.7 Å². The van der Waals surface area contributed by atoms with Crippen molar-refractivity contribution in [3.8, 4) is 5.75 Å². The van der Waals surface area contributed by atoms with Crippen molar-refractivity contribution in [1.82, 2.24) is 5.32 Å². The summed E-state index contributed by atoms with van der Waals surface area (Å²) >= 11 is 0. The Bertz CT molecular complexity index is 783. The van der Waals surface area contributed by atoms with Crippen LogP contribution in [-0.2, 0) is 0 Å². The quantitative estimate of drug-likeness (QED) is 0.839. The van der Waals surface area contributed by atoms with Gasteiger partial charge in [-0.15, -0.1) is 0 Å². The monoisotopic (exact) mass is 370 g/mol. The summed E-state index contributed by atoms with van der Waals surface area (Å²) in [6.45, 7) is 6.42. The maximum absolute atomic E-state index is 13.8. The number of amides is 1. The summed E-state index contributed by atoms with van der Waals surface area (Å²) < 4.78 is 18.7. The molecule has 0 aliphatic carbocycles. The lowest BCUT2D eigenvalue weighted by atomic mass is 9.98. The second kappa shape index (κ2) is 8.42. The van der Waals surface area contributed by atoms with E-state index in [0.29, 0.717) is 0 Å². The van der Waals surface area contributed by atoms with E-state index in [0.717, 1.165) is 24.6 Å². The Kier molecular flexibility index (Phi) is 5.99. The molecule has 1 atom stereocenters. The van der Waals surface area contributed by atoms with Gasteiger partial charge in [0.2, 0.25) is 0 Å². The predicted molar refractivity (Wildman–Crippen MR) is 106 cm³/mol. The first-order chi connectivity index (χ1) is 13.0. The number of anilines is 1. The van der Waals surface area contributed by atoms with E-state index in [4.69, 9.17) is 4.74 Å². The van der Waals surface area contributed by atoms with Crippen molar-refractivity contribution in [3.63, 3.8) is 0 Å². The van der Waals surface area contributed by atoms with Crippen molar-refractivity contribution in [2.75, 3.05) is 25.1 Å². The van der Waals surface area contributed by atoms with Gasteiger partial charge in [-0.05, 0) is 61.6 Å². The Morgan fingerprint density at radius 3 is 2.44 bits per heavy atom. The minimum atomic E-state index is -0.544. The number of halogens is 1. The van der Waals surface area contributed by atoms with Gasteiger partial charge in [0, 0.05) is 24.3 Å². The minimum Gasteiger partial charge on any atom is -0.494 e. The van der Waals surface area contributed by atoms with Crippen LogP contribution >= 0.6 is 0 Å². The zero-order valence-corrected chi connectivity index (χ0v) is 16.2. The largest absolute Gasteiger partial charge is 0.494 e. The number of nitrogens with one attached hydrogen (secondary N) is 1. The minimum absolute atomic E-state index is 0.127. The Morgan fingerprint density at radius 2 is 1.85 bits per heavy atom. The average Bonchev–Trinajstić information content (AvgIpc) is 2.68. The molecule has 144 valence electrons. The molecule has 2 aromatic rings. The van der Waals surface area contributed by atoms with Crippen LogP contribution in [0.15, 0.2) is 42.5 Å². The highest BCUT2D eigenvalue weighted by atomic mass is 19.1. The third-order valence-corrected chi connectivity index (χ3v) is 5.30. The summed E-state index contributed by atoms with van der Waals surface area (Å²) in [7, 11) is 1.40. The van der Waals surface area contributed by atoms with Crippen molar-refractivity contribution in [2.24, 2.45) is 5.92 Å². The molecule has 1 aliphatic heterocycles. The predicted octanol–water partition coefficient (Wildman–Crippen LogP) is 4.56. The first-order valence-electron chi connectivity index (χ1n) is 9.47. The number of ether oxygens (including phenoxy) is 1. The zero-order valence-electron chi connectivity index (χ0n) is 16.2. The number of carbonyl (C=O) groups excluding carboxylic acids is 1. The fourth-order valence-electron chi connectivity index (χ4n) is 3.41. The van der Waals surface area contributed by atoms with Crippen LogP contribution in [0.2, 0.25) is 0 Å². The van der Waals surface area contributed by atoms with E-state index in [2.05, 4.69) is 29.3 Å². The van der Waals surface area contributed by atoms with Crippen LogP contribution in [0.1, 0.15) is 48.7 Å². The van der Waals surface area contributed by atoms with E-state index in [1.807, 2.05) is 19.1 Å². The SMILES string of the molecule is COc1ccc(C(=O)N[C@@H](C)c2ccc(N3CCC(C)CC3)cc2)cc1F. The number of hydrogen-bond acceptors (Lipinski definition) is 3. The summed E-state index contributed by atoms with van der Waals surface area (Å²) in [6, 6.07) is 12.4. The molecule has 1 heterocycles. The molecule has 0 spiro atoms. The van der Waals surface area contributed by atoms with Crippen molar-refractivity contribution in [2.45, 2.75) is 32.7 Å². The van der Waals surface area contributed by atoms with Crippen LogP contribution in [0.4, 0.5) is 10.1 Å². The van der Waals surface area contributed by atoms with Crippen molar-refractivity contribution < 1.29 is 13.9 Å². The van der Waals surface area contributed by atoms with E-state index in [1.165, 1.54) is 37.8 Å². The molecule has 1 N–H and O–H groups in total. The standard InChI is InChI=1S/C22H27FN2O2/c1-15-10-12-25(13-11-15)19-7-4-17(5-8-19)16(2)24-22(26)18-6-9-21(27-3)20(23)14-18/h4-9,14-16H,10-13H2,1-3H3,(H,24,26)/t16-/m0/s1. The maximum atomic E-state index is 13.8. The van der Waals surface area contributed by atoms with E-state index < -0.39 is 5.82 Å². The molecule has 1 aliphatic rings. The van der Waals surface area contributed by atoms with Gasteiger partial charge in [0.25, 0.3) is 5.91 Å². The highest BCUT2D eigenvalue weighted by Crippen LogP contribution is 2.25. The Labute approximate surface area is 160 Å². The lowest BCUT2D eigenvalue weighted by Crippen LogP contribution is -2.32. The van der Waals surface area contributed by atoms with Crippen LogP contribution < -0.4 is 15.0 Å². The molecule has 0 bridgehead atoms.